The lowest BCUT2D eigenvalue weighted by Gasteiger charge is -2.46. The van der Waals surface area contributed by atoms with Crippen molar-refractivity contribution in [3.05, 3.63) is 20.8 Å². The van der Waals surface area contributed by atoms with Crippen molar-refractivity contribution in [1.29, 1.82) is 0 Å². The van der Waals surface area contributed by atoms with Crippen molar-refractivity contribution in [2.45, 2.75) is 51.1 Å². The van der Waals surface area contributed by atoms with Crippen molar-refractivity contribution in [2.75, 3.05) is 20.1 Å². The van der Waals surface area contributed by atoms with Gasteiger partial charge in [-0.1, -0.05) is 13.8 Å². The van der Waals surface area contributed by atoms with Gasteiger partial charge in [-0.2, -0.15) is 0 Å². The lowest BCUT2D eigenvalue weighted by atomic mass is 9.82. The minimum absolute atomic E-state index is 0.249. The monoisotopic (exact) mass is 344 g/mol. The summed E-state index contributed by atoms with van der Waals surface area (Å²) in [4.78, 5) is 4.17. The van der Waals surface area contributed by atoms with Crippen LogP contribution in [0, 0.1) is 0 Å². The predicted octanol–water partition coefficient (Wildman–Crippen LogP) is 4.43. The van der Waals surface area contributed by atoms with Crippen LogP contribution in [0.4, 0.5) is 0 Å². The summed E-state index contributed by atoms with van der Waals surface area (Å²) in [5.74, 6) is 0. The summed E-state index contributed by atoms with van der Waals surface area (Å²) in [6.45, 7) is 7.19. The van der Waals surface area contributed by atoms with Crippen molar-refractivity contribution in [3.8, 4) is 0 Å². The Morgan fingerprint density at radius 3 is 2.42 bits per heavy atom. The molecule has 108 valence electrons. The Balaban J connectivity index is 2.37. The highest BCUT2D eigenvalue weighted by molar-refractivity contribution is 9.10. The minimum Gasteiger partial charge on any atom is -0.311 e. The Labute approximate surface area is 129 Å². The molecule has 0 spiro atoms. The second-order valence-corrected chi connectivity index (χ2v) is 7.16. The summed E-state index contributed by atoms with van der Waals surface area (Å²) < 4.78 is 1.25. The molecule has 0 aromatic carbocycles. The maximum absolute atomic E-state index is 3.72. The molecule has 2 heterocycles. The van der Waals surface area contributed by atoms with E-state index in [1.807, 2.05) is 11.3 Å². The molecule has 1 aromatic heterocycles. The molecule has 1 aromatic rings. The summed E-state index contributed by atoms with van der Waals surface area (Å²) in [6.07, 6.45) is 5.09. The molecule has 1 fully saturated rings. The van der Waals surface area contributed by atoms with Gasteiger partial charge in [0, 0.05) is 14.9 Å². The predicted molar refractivity (Wildman–Crippen MR) is 87.9 cm³/mol. The van der Waals surface area contributed by atoms with Gasteiger partial charge in [0.15, 0.2) is 0 Å². The smallest absolute Gasteiger partial charge is 0.0610 e. The van der Waals surface area contributed by atoms with E-state index in [2.05, 4.69) is 58.5 Å². The quantitative estimate of drug-likeness (QED) is 0.821. The van der Waals surface area contributed by atoms with Gasteiger partial charge in [0.05, 0.1) is 6.04 Å². The lowest BCUT2D eigenvalue weighted by Crippen LogP contribution is -2.54. The molecule has 1 saturated heterocycles. The van der Waals surface area contributed by atoms with Gasteiger partial charge in [-0.3, -0.25) is 4.90 Å². The third kappa shape index (κ3) is 2.78. The van der Waals surface area contributed by atoms with Crippen molar-refractivity contribution in [1.82, 2.24) is 10.2 Å². The lowest BCUT2D eigenvalue weighted by molar-refractivity contribution is 0.0658. The van der Waals surface area contributed by atoms with Crippen LogP contribution in [0.5, 0.6) is 0 Å². The first kappa shape index (κ1) is 15.5. The van der Waals surface area contributed by atoms with Crippen LogP contribution < -0.4 is 5.32 Å². The summed E-state index contributed by atoms with van der Waals surface area (Å²) in [5, 5.41) is 5.79. The first-order valence-corrected chi connectivity index (χ1v) is 9.02. The highest BCUT2D eigenvalue weighted by Crippen LogP contribution is 2.43. The van der Waals surface area contributed by atoms with E-state index in [1.165, 1.54) is 48.1 Å². The van der Waals surface area contributed by atoms with Crippen LogP contribution >= 0.6 is 27.3 Å². The maximum Gasteiger partial charge on any atom is 0.0610 e. The number of hydrogen-bond acceptors (Lipinski definition) is 3. The van der Waals surface area contributed by atoms with E-state index in [9.17, 15) is 0 Å². The molecule has 1 unspecified atom stereocenters. The number of nitrogens with one attached hydrogen (secondary N) is 1. The van der Waals surface area contributed by atoms with Crippen molar-refractivity contribution < 1.29 is 0 Å². The normalized spacial score (nSPS) is 18.9. The number of hydrogen-bond donors (Lipinski definition) is 1. The van der Waals surface area contributed by atoms with Crippen LogP contribution in [0.15, 0.2) is 15.9 Å². The van der Waals surface area contributed by atoms with Gasteiger partial charge in [0.2, 0.25) is 0 Å². The van der Waals surface area contributed by atoms with Crippen LogP contribution in [-0.2, 0) is 0 Å². The highest BCUT2D eigenvalue weighted by Gasteiger charge is 2.43. The molecular formula is C15H25BrN2S. The number of likely N-dealkylation sites (tertiary alicyclic amines) is 1. The van der Waals surface area contributed by atoms with Crippen LogP contribution in [-0.4, -0.2) is 30.6 Å². The van der Waals surface area contributed by atoms with Gasteiger partial charge >= 0.3 is 0 Å². The van der Waals surface area contributed by atoms with Gasteiger partial charge < -0.3 is 5.32 Å². The number of likely N-dealkylation sites (N-methyl/N-ethyl adjacent to an activating group) is 1. The standard InChI is InChI=1S/C15H25BrN2S/c1-4-15(5-2,18-9-6-7-10-18)14(17-3)13-12(16)8-11-19-13/h8,11,14,17H,4-7,9-10H2,1-3H3. The summed E-state index contributed by atoms with van der Waals surface area (Å²) >= 11 is 5.58. The summed E-state index contributed by atoms with van der Waals surface area (Å²) in [7, 11) is 2.10. The van der Waals surface area contributed by atoms with E-state index >= 15 is 0 Å². The molecule has 4 heteroatoms. The number of nitrogens with zero attached hydrogens (tertiary/aromatic N) is 1. The van der Waals surface area contributed by atoms with Crippen LogP contribution in [0.1, 0.15) is 50.4 Å². The molecule has 1 N–H and O–H groups in total. The zero-order valence-corrected chi connectivity index (χ0v) is 14.6. The van der Waals surface area contributed by atoms with E-state index in [-0.39, 0.29) is 5.54 Å². The van der Waals surface area contributed by atoms with E-state index in [4.69, 9.17) is 0 Å². The Hall–Kier alpha value is 0.1000. The fraction of sp³-hybridized carbons (Fsp3) is 0.733. The van der Waals surface area contributed by atoms with E-state index in [0.29, 0.717) is 6.04 Å². The summed E-state index contributed by atoms with van der Waals surface area (Å²) in [6, 6.07) is 2.58. The third-order valence-corrected chi connectivity index (χ3v) is 6.63. The molecule has 0 bridgehead atoms. The average Bonchev–Trinajstić information content (AvgIpc) is 3.08. The maximum atomic E-state index is 3.72. The largest absolute Gasteiger partial charge is 0.311 e. The molecule has 0 saturated carbocycles. The van der Waals surface area contributed by atoms with E-state index < -0.39 is 0 Å². The molecule has 0 radical (unpaired) electrons. The van der Waals surface area contributed by atoms with Gasteiger partial charge in [0.1, 0.15) is 0 Å². The SMILES string of the molecule is CCC(CC)(C(NC)c1sccc1Br)N1CCCC1. The zero-order chi connectivity index (χ0) is 13.9. The van der Waals surface area contributed by atoms with E-state index in [0.717, 1.165) is 0 Å². The average molecular weight is 345 g/mol. The van der Waals surface area contributed by atoms with Crippen LogP contribution in [0.25, 0.3) is 0 Å². The molecule has 1 atom stereocenters. The van der Waals surface area contributed by atoms with Gasteiger partial charge in [-0.05, 0) is 73.2 Å². The van der Waals surface area contributed by atoms with Gasteiger partial charge in [-0.15, -0.1) is 11.3 Å². The van der Waals surface area contributed by atoms with E-state index in [1.54, 1.807) is 0 Å². The Morgan fingerprint density at radius 1 is 1.37 bits per heavy atom. The Kier molecular flexibility index (Phi) is 5.46. The first-order valence-electron chi connectivity index (χ1n) is 7.34. The number of halogens is 1. The zero-order valence-electron chi connectivity index (χ0n) is 12.2. The molecular weight excluding hydrogens is 320 g/mol. The molecule has 19 heavy (non-hydrogen) atoms. The second-order valence-electron chi connectivity index (χ2n) is 5.36. The van der Waals surface area contributed by atoms with Crippen molar-refractivity contribution in [3.63, 3.8) is 0 Å². The van der Waals surface area contributed by atoms with Crippen LogP contribution in [0.2, 0.25) is 0 Å². The summed E-state index contributed by atoms with van der Waals surface area (Å²) in [5.41, 5.74) is 0.249. The van der Waals surface area contributed by atoms with Gasteiger partial charge in [-0.25, -0.2) is 0 Å². The third-order valence-electron chi connectivity index (χ3n) is 4.69. The Bertz CT molecular complexity index is 395. The van der Waals surface area contributed by atoms with Gasteiger partial charge in [0.25, 0.3) is 0 Å². The number of thiophene rings is 1. The molecule has 0 aliphatic carbocycles. The molecule has 2 rings (SSSR count). The molecule has 0 amide bonds. The molecule has 1 aliphatic heterocycles. The molecule has 1 aliphatic rings. The van der Waals surface area contributed by atoms with Crippen LogP contribution in [0.3, 0.4) is 0 Å². The molecule has 2 nitrogen and oxygen atoms in total. The topological polar surface area (TPSA) is 15.3 Å². The highest BCUT2D eigenvalue weighted by atomic mass is 79.9. The second kappa shape index (κ2) is 6.70. The minimum atomic E-state index is 0.249. The fourth-order valence-electron chi connectivity index (χ4n) is 3.61. The first-order chi connectivity index (χ1) is 9.19. The number of rotatable bonds is 6. The fourth-order valence-corrected chi connectivity index (χ4v) is 5.43. The van der Waals surface area contributed by atoms with Crippen molar-refractivity contribution in [2.24, 2.45) is 0 Å². The van der Waals surface area contributed by atoms with Crippen molar-refractivity contribution >= 4 is 27.3 Å². The Morgan fingerprint density at radius 2 is 2.00 bits per heavy atom.